The molecule has 0 heterocycles. The Bertz CT molecular complexity index is 766. The highest BCUT2D eigenvalue weighted by atomic mass is 19.1. The molecule has 0 aliphatic heterocycles. The second-order valence-electron chi connectivity index (χ2n) is 5.05. The molecule has 0 saturated heterocycles. The van der Waals surface area contributed by atoms with Crippen molar-refractivity contribution in [2.24, 2.45) is 0 Å². The summed E-state index contributed by atoms with van der Waals surface area (Å²) in [5, 5.41) is 2.49. The van der Waals surface area contributed by atoms with E-state index in [-0.39, 0.29) is 17.1 Å². The van der Waals surface area contributed by atoms with E-state index in [1.54, 1.807) is 0 Å². The Morgan fingerprint density at radius 2 is 1.54 bits per heavy atom. The summed E-state index contributed by atoms with van der Waals surface area (Å²) in [6.07, 6.45) is 0. The number of carbonyl (C=O) groups excluding carboxylic acids is 2. The van der Waals surface area contributed by atoms with Crippen LogP contribution in [0.1, 0.15) is 10.4 Å². The minimum absolute atomic E-state index is 0.133. The normalized spacial score (nSPS) is 10.0. The van der Waals surface area contributed by atoms with E-state index in [0.717, 1.165) is 0 Å². The van der Waals surface area contributed by atoms with Gasteiger partial charge in [-0.05, 0) is 36.4 Å². The summed E-state index contributed by atoms with van der Waals surface area (Å²) < 4.78 is 33.3. The number of rotatable bonds is 7. The maximum absolute atomic E-state index is 12.8. The van der Waals surface area contributed by atoms with Crippen molar-refractivity contribution in [3.05, 3.63) is 47.8 Å². The van der Waals surface area contributed by atoms with E-state index in [1.165, 1.54) is 57.7 Å². The van der Waals surface area contributed by atoms with Crippen LogP contribution < -0.4 is 19.5 Å². The fourth-order valence-electron chi connectivity index (χ4n) is 2.14. The van der Waals surface area contributed by atoms with Crippen LogP contribution in [0.5, 0.6) is 17.2 Å². The fourth-order valence-corrected chi connectivity index (χ4v) is 2.14. The Morgan fingerprint density at radius 3 is 2.04 bits per heavy atom. The average molecular weight is 363 g/mol. The number of nitrogens with one attached hydrogen (secondary N) is 1. The molecule has 0 bridgehead atoms. The van der Waals surface area contributed by atoms with Crippen molar-refractivity contribution >= 4 is 17.6 Å². The number of anilines is 1. The summed E-state index contributed by atoms with van der Waals surface area (Å²) in [5.74, 6) is -0.808. The largest absolute Gasteiger partial charge is 0.493 e. The molecule has 26 heavy (non-hydrogen) atoms. The van der Waals surface area contributed by atoms with E-state index < -0.39 is 24.3 Å². The zero-order valence-corrected chi connectivity index (χ0v) is 14.5. The SMILES string of the molecule is COc1cc(C(=O)OCC(=O)Nc2ccc(F)cc2)cc(OC)c1OC. The van der Waals surface area contributed by atoms with Gasteiger partial charge in [0.2, 0.25) is 5.75 Å². The van der Waals surface area contributed by atoms with Crippen molar-refractivity contribution in [2.75, 3.05) is 33.3 Å². The monoisotopic (exact) mass is 363 g/mol. The second-order valence-corrected chi connectivity index (χ2v) is 5.05. The molecule has 1 amide bonds. The summed E-state index contributed by atoms with van der Waals surface area (Å²) in [4.78, 5) is 24.0. The van der Waals surface area contributed by atoms with Gasteiger partial charge in [0.25, 0.3) is 5.91 Å². The summed E-state index contributed by atoms with van der Waals surface area (Å²) >= 11 is 0. The van der Waals surface area contributed by atoms with Gasteiger partial charge in [-0.3, -0.25) is 4.79 Å². The number of hydrogen-bond acceptors (Lipinski definition) is 6. The van der Waals surface area contributed by atoms with E-state index in [2.05, 4.69) is 5.32 Å². The molecule has 2 aromatic rings. The molecule has 0 radical (unpaired) electrons. The Hall–Kier alpha value is -3.29. The fraction of sp³-hybridized carbons (Fsp3) is 0.222. The minimum Gasteiger partial charge on any atom is -0.493 e. The van der Waals surface area contributed by atoms with E-state index in [1.807, 2.05) is 0 Å². The Balaban J connectivity index is 2.03. The smallest absolute Gasteiger partial charge is 0.338 e. The third-order valence-electron chi connectivity index (χ3n) is 3.36. The highest BCUT2D eigenvalue weighted by Crippen LogP contribution is 2.38. The Kier molecular flexibility index (Phi) is 6.37. The van der Waals surface area contributed by atoms with Crippen LogP contribution in [0.3, 0.4) is 0 Å². The number of benzene rings is 2. The first kappa shape index (κ1) is 19.0. The number of ether oxygens (including phenoxy) is 4. The van der Waals surface area contributed by atoms with Gasteiger partial charge >= 0.3 is 5.97 Å². The molecule has 138 valence electrons. The number of esters is 1. The quantitative estimate of drug-likeness (QED) is 0.762. The first-order valence-electron chi connectivity index (χ1n) is 7.51. The molecule has 7 nitrogen and oxygen atoms in total. The van der Waals surface area contributed by atoms with Gasteiger partial charge in [0, 0.05) is 5.69 Å². The topological polar surface area (TPSA) is 83.1 Å². The number of hydrogen-bond donors (Lipinski definition) is 1. The van der Waals surface area contributed by atoms with Crippen LogP contribution in [-0.2, 0) is 9.53 Å². The zero-order chi connectivity index (χ0) is 19.1. The first-order chi connectivity index (χ1) is 12.5. The molecule has 0 saturated carbocycles. The van der Waals surface area contributed by atoms with Crippen LogP contribution >= 0.6 is 0 Å². The van der Waals surface area contributed by atoms with Crippen molar-refractivity contribution in [1.82, 2.24) is 0 Å². The van der Waals surface area contributed by atoms with Gasteiger partial charge in [0.05, 0.1) is 26.9 Å². The lowest BCUT2D eigenvalue weighted by molar-refractivity contribution is -0.119. The van der Waals surface area contributed by atoms with Crippen LogP contribution in [0.25, 0.3) is 0 Å². The van der Waals surface area contributed by atoms with Gasteiger partial charge in [-0.2, -0.15) is 0 Å². The highest BCUT2D eigenvalue weighted by molar-refractivity contribution is 5.96. The summed E-state index contributed by atoms with van der Waals surface area (Å²) in [6, 6.07) is 8.04. The maximum atomic E-state index is 12.8. The van der Waals surface area contributed by atoms with Crippen LogP contribution in [0.4, 0.5) is 10.1 Å². The molecular formula is C18H18FNO6. The summed E-state index contributed by atoms with van der Waals surface area (Å²) in [7, 11) is 4.28. The Morgan fingerprint density at radius 1 is 0.962 bits per heavy atom. The average Bonchev–Trinajstić information content (AvgIpc) is 2.66. The Labute approximate surface area is 149 Å². The molecule has 0 unspecified atom stereocenters. The van der Waals surface area contributed by atoms with Gasteiger partial charge in [0.1, 0.15) is 5.82 Å². The van der Waals surface area contributed by atoms with Gasteiger partial charge in [0.15, 0.2) is 18.1 Å². The molecule has 2 rings (SSSR count). The van der Waals surface area contributed by atoms with Crippen molar-refractivity contribution in [3.63, 3.8) is 0 Å². The minimum atomic E-state index is -0.737. The molecular weight excluding hydrogens is 345 g/mol. The molecule has 8 heteroatoms. The molecule has 2 aromatic carbocycles. The molecule has 0 atom stereocenters. The van der Waals surface area contributed by atoms with Gasteiger partial charge in [-0.25, -0.2) is 9.18 Å². The van der Waals surface area contributed by atoms with Crippen LogP contribution in [0.15, 0.2) is 36.4 Å². The first-order valence-corrected chi connectivity index (χ1v) is 7.51. The molecule has 0 aliphatic carbocycles. The van der Waals surface area contributed by atoms with E-state index in [0.29, 0.717) is 11.4 Å². The van der Waals surface area contributed by atoms with Crippen LogP contribution in [-0.4, -0.2) is 39.8 Å². The predicted molar refractivity (Wildman–Crippen MR) is 91.4 cm³/mol. The number of carbonyl (C=O) groups is 2. The lowest BCUT2D eigenvalue weighted by Gasteiger charge is -2.13. The third-order valence-corrected chi connectivity index (χ3v) is 3.36. The lowest BCUT2D eigenvalue weighted by atomic mass is 10.2. The van der Waals surface area contributed by atoms with Crippen LogP contribution in [0.2, 0.25) is 0 Å². The number of halogens is 1. The van der Waals surface area contributed by atoms with Crippen molar-refractivity contribution in [2.45, 2.75) is 0 Å². The van der Waals surface area contributed by atoms with E-state index >= 15 is 0 Å². The molecule has 0 fully saturated rings. The lowest BCUT2D eigenvalue weighted by Crippen LogP contribution is -2.21. The van der Waals surface area contributed by atoms with Crippen LogP contribution in [0, 0.1) is 5.82 Å². The van der Waals surface area contributed by atoms with Gasteiger partial charge in [-0.15, -0.1) is 0 Å². The maximum Gasteiger partial charge on any atom is 0.338 e. The summed E-state index contributed by atoms with van der Waals surface area (Å²) in [6.45, 7) is -0.507. The molecule has 0 spiro atoms. The highest BCUT2D eigenvalue weighted by Gasteiger charge is 2.18. The standard InChI is InChI=1S/C18H18FNO6/c1-23-14-8-11(9-15(24-2)17(14)25-3)18(22)26-10-16(21)20-13-6-4-12(19)5-7-13/h4-9H,10H2,1-3H3,(H,20,21). The van der Waals surface area contributed by atoms with Gasteiger partial charge in [-0.1, -0.05) is 0 Å². The number of amides is 1. The van der Waals surface area contributed by atoms with Crippen molar-refractivity contribution < 1.29 is 32.9 Å². The third kappa shape index (κ3) is 4.62. The van der Waals surface area contributed by atoms with Crippen molar-refractivity contribution in [1.29, 1.82) is 0 Å². The predicted octanol–water partition coefficient (Wildman–Crippen LogP) is 2.65. The van der Waals surface area contributed by atoms with E-state index in [9.17, 15) is 14.0 Å². The molecule has 0 aromatic heterocycles. The number of methoxy groups -OCH3 is 3. The summed E-state index contributed by atoms with van der Waals surface area (Å²) in [5.41, 5.74) is 0.523. The zero-order valence-electron chi connectivity index (χ0n) is 14.5. The van der Waals surface area contributed by atoms with Gasteiger partial charge < -0.3 is 24.3 Å². The second kappa shape index (κ2) is 8.70. The van der Waals surface area contributed by atoms with E-state index in [4.69, 9.17) is 18.9 Å². The molecule has 1 N–H and O–H groups in total. The molecule has 0 aliphatic rings. The van der Waals surface area contributed by atoms with Crippen molar-refractivity contribution in [3.8, 4) is 17.2 Å².